The summed E-state index contributed by atoms with van der Waals surface area (Å²) in [5.41, 5.74) is 2.06. The summed E-state index contributed by atoms with van der Waals surface area (Å²) in [6.45, 7) is 5.35. The summed E-state index contributed by atoms with van der Waals surface area (Å²) in [4.78, 5) is 25.5. The molecule has 0 aliphatic carbocycles. The molecule has 5 nitrogen and oxygen atoms in total. The van der Waals surface area contributed by atoms with Crippen LogP contribution in [0.25, 0.3) is 0 Å². The largest absolute Gasteiger partial charge is 0.376 e. The van der Waals surface area contributed by atoms with E-state index in [0.29, 0.717) is 19.5 Å². The van der Waals surface area contributed by atoms with Gasteiger partial charge in [-0.3, -0.25) is 9.59 Å². The Morgan fingerprint density at radius 3 is 2.61 bits per heavy atom. The van der Waals surface area contributed by atoms with Gasteiger partial charge in [-0.05, 0) is 37.0 Å². The quantitative estimate of drug-likeness (QED) is 0.839. The lowest BCUT2D eigenvalue weighted by Gasteiger charge is -2.21. The van der Waals surface area contributed by atoms with Crippen LogP contribution in [0.2, 0.25) is 0 Å². The molecule has 1 aliphatic heterocycles. The highest BCUT2D eigenvalue weighted by Crippen LogP contribution is 2.16. The lowest BCUT2D eigenvalue weighted by molar-refractivity contribution is -0.121. The van der Waals surface area contributed by atoms with Crippen LogP contribution in [0.3, 0.4) is 0 Å². The van der Waals surface area contributed by atoms with Crippen LogP contribution in [0.1, 0.15) is 38.7 Å². The number of rotatable bonds is 7. The van der Waals surface area contributed by atoms with Gasteiger partial charge in [0.2, 0.25) is 11.8 Å². The third kappa shape index (κ3) is 5.36. The van der Waals surface area contributed by atoms with E-state index in [0.717, 1.165) is 31.6 Å². The van der Waals surface area contributed by atoms with E-state index in [1.807, 2.05) is 24.3 Å². The molecule has 0 radical (unpaired) electrons. The van der Waals surface area contributed by atoms with Crippen molar-refractivity contribution in [2.24, 2.45) is 0 Å². The fourth-order valence-electron chi connectivity index (χ4n) is 2.71. The average molecular weight is 318 g/mol. The number of ether oxygens (including phenoxy) is 1. The zero-order chi connectivity index (χ0) is 16.7. The first-order chi connectivity index (χ1) is 11.1. The molecule has 1 N–H and O–H groups in total. The molecule has 0 aromatic heterocycles. The van der Waals surface area contributed by atoms with Gasteiger partial charge in [0.05, 0.1) is 6.10 Å². The van der Waals surface area contributed by atoms with Gasteiger partial charge in [0, 0.05) is 38.7 Å². The van der Waals surface area contributed by atoms with Gasteiger partial charge in [-0.15, -0.1) is 0 Å². The highest BCUT2D eigenvalue weighted by Gasteiger charge is 2.17. The monoisotopic (exact) mass is 318 g/mol. The van der Waals surface area contributed by atoms with Crippen molar-refractivity contribution in [1.29, 1.82) is 0 Å². The first-order valence-electron chi connectivity index (χ1n) is 8.35. The van der Waals surface area contributed by atoms with Crippen LogP contribution in [0.5, 0.6) is 0 Å². The van der Waals surface area contributed by atoms with Gasteiger partial charge in [-0.25, -0.2) is 0 Å². The number of hydrogen-bond donors (Lipinski definition) is 1. The normalized spacial score (nSPS) is 17.0. The summed E-state index contributed by atoms with van der Waals surface area (Å²) in [7, 11) is 0. The van der Waals surface area contributed by atoms with E-state index in [1.54, 1.807) is 4.90 Å². The molecule has 1 unspecified atom stereocenters. The van der Waals surface area contributed by atoms with Crippen molar-refractivity contribution in [3.8, 4) is 0 Å². The van der Waals surface area contributed by atoms with E-state index < -0.39 is 0 Å². The summed E-state index contributed by atoms with van der Waals surface area (Å²) in [5, 5.41) is 2.89. The van der Waals surface area contributed by atoms with Gasteiger partial charge < -0.3 is 15.0 Å². The fourth-order valence-corrected chi connectivity index (χ4v) is 2.71. The third-order valence-corrected chi connectivity index (χ3v) is 4.15. The minimum absolute atomic E-state index is 0.0445. The SMILES string of the molecule is CCc1ccc(N(CCC(=O)NCC2CCCO2)C(C)=O)cc1. The first-order valence-corrected chi connectivity index (χ1v) is 8.35. The average Bonchev–Trinajstić information content (AvgIpc) is 3.07. The number of carbonyl (C=O) groups excluding carboxylic acids is 2. The van der Waals surface area contributed by atoms with Crippen LogP contribution < -0.4 is 10.2 Å². The van der Waals surface area contributed by atoms with Crippen molar-refractivity contribution in [2.75, 3.05) is 24.6 Å². The Morgan fingerprint density at radius 1 is 1.30 bits per heavy atom. The summed E-state index contributed by atoms with van der Waals surface area (Å²) in [6, 6.07) is 7.90. The first kappa shape index (κ1) is 17.5. The maximum atomic E-state index is 12.0. The second-order valence-corrected chi connectivity index (χ2v) is 5.88. The summed E-state index contributed by atoms with van der Waals surface area (Å²) < 4.78 is 5.48. The van der Waals surface area contributed by atoms with E-state index in [1.165, 1.54) is 12.5 Å². The number of benzene rings is 1. The molecule has 2 amide bonds. The van der Waals surface area contributed by atoms with Gasteiger partial charge in [-0.1, -0.05) is 19.1 Å². The number of amides is 2. The van der Waals surface area contributed by atoms with E-state index in [4.69, 9.17) is 4.74 Å². The van der Waals surface area contributed by atoms with Gasteiger partial charge in [0.1, 0.15) is 0 Å². The smallest absolute Gasteiger partial charge is 0.223 e. The Labute approximate surface area is 138 Å². The Bertz CT molecular complexity index is 522. The molecule has 126 valence electrons. The summed E-state index contributed by atoms with van der Waals surface area (Å²) >= 11 is 0. The molecule has 23 heavy (non-hydrogen) atoms. The number of nitrogens with zero attached hydrogens (tertiary/aromatic N) is 1. The summed E-state index contributed by atoms with van der Waals surface area (Å²) in [6.07, 6.45) is 3.47. The van der Waals surface area contributed by atoms with E-state index in [2.05, 4.69) is 12.2 Å². The standard InChI is InChI=1S/C18H26N2O3/c1-3-15-6-8-16(9-7-15)20(14(2)21)11-10-18(22)19-13-17-5-4-12-23-17/h6-9,17H,3-5,10-13H2,1-2H3,(H,19,22). The van der Waals surface area contributed by atoms with Gasteiger partial charge >= 0.3 is 0 Å². The van der Waals surface area contributed by atoms with Crippen LogP contribution in [0.15, 0.2) is 24.3 Å². The molecular weight excluding hydrogens is 292 g/mol. The van der Waals surface area contributed by atoms with Gasteiger partial charge in [0.15, 0.2) is 0 Å². The molecule has 0 bridgehead atoms. The number of anilines is 1. The van der Waals surface area contributed by atoms with Crippen molar-refractivity contribution in [2.45, 2.75) is 45.6 Å². The minimum Gasteiger partial charge on any atom is -0.376 e. The van der Waals surface area contributed by atoms with Crippen LogP contribution in [0.4, 0.5) is 5.69 Å². The van der Waals surface area contributed by atoms with Crippen molar-refractivity contribution < 1.29 is 14.3 Å². The lowest BCUT2D eigenvalue weighted by atomic mass is 10.1. The highest BCUT2D eigenvalue weighted by molar-refractivity contribution is 5.92. The van der Waals surface area contributed by atoms with E-state index in [9.17, 15) is 9.59 Å². The Morgan fingerprint density at radius 2 is 2.04 bits per heavy atom. The zero-order valence-corrected chi connectivity index (χ0v) is 14.0. The molecule has 1 saturated heterocycles. The molecule has 1 atom stereocenters. The Kier molecular flexibility index (Phi) is 6.59. The van der Waals surface area contributed by atoms with Crippen LogP contribution in [-0.2, 0) is 20.7 Å². The maximum absolute atomic E-state index is 12.0. The molecule has 1 aliphatic rings. The molecule has 0 spiro atoms. The zero-order valence-electron chi connectivity index (χ0n) is 14.0. The molecular formula is C18H26N2O3. The second-order valence-electron chi connectivity index (χ2n) is 5.88. The summed E-state index contributed by atoms with van der Waals surface area (Å²) in [5.74, 6) is -0.0990. The predicted octanol–water partition coefficient (Wildman–Crippen LogP) is 2.29. The van der Waals surface area contributed by atoms with Crippen molar-refractivity contribution in [3.63, 3.8) is 0 Å². The highest BCUT2D eigenvalue weighted by atomic mass is 16.5. The van der Waals surface area contributed by atoms with Crippen LogP contribution >= 0.6 is 0 Å². The van der Waals surface area contributed by atoms with Crippen LogP contribution in [0, 0.1) is 0 Å². The Hall–Kier alpha value is -1.88. The van der Waals surface area contributed by atoms with Crippen molar-refractivity contribution >= 4 is 17.5 Å². The molecule has 2 rings (SSSR count). The second kappa shape index (κ2) is 8.67. The number of nitrogens with one attached hydrogen (secondary N) is 1. The molecule has 1 aromatic carbocycles. The van der Waals surface area contributed by atoms with Crippen LogP contribution in [-0.4, -0.2) is 37.6 Å². The van der Waals surface area contributed by atoms with Gasteiger partial charge in [-0.2, -0.15) is 0 Å². The third-order valence-electron chi connectivity index (χ3n) is 4.15. The van der Waals surface area contributed by atoms with E-state index >= 15 is 0 Å². The molecule has 1 aromatic rings. The van der Waals surface area contributed by atoms with E-state index in [-0.39, 0.29) is 17.9 Å². The minimum atomic E-state index is -0.0545. The predicted molar refractivity (Wildman–Crippen MR) is 90.4 cm³/mol. The molecule has 1 fully saturated rings. The van der Waals surface area contributed by atoms with Crippen molar-refractivity contribution in [1.82, 2.24) is 5.32 Å². The molecule has 5 heteroatoms. The number of hydrogen-bond acceptors (Lipinski definition) is 3. The molecule has 1 heterocycles. The topological polar surface area (TPSA) is 58.6 Å². The van der Waals surface area contributed by atoms with Crippen molar-refractivity contribution in [3.05, 3.63) is 29.8 Å². The fraction of sp³-hybridized carbons (Fsp3) is 0.556. The molecule has 0 saturated carbocycles. The Balaban J connectivity index is 1.83. The van der Waals surface area contributed by atoms with Gasteiger partial charge in [0.25, 0.3) is 0 Å². The number of aryl methyl sites for hydroxylation is 1. The number of carbonyl (C=O) groups is 2. The maximum Gasteiger partial charge on any atom is 0.223 e. The lowest BCUT2D eigenvalue weighted by Crippen LogP contribution is -2.36.